The van der Waals surface area contributed by atoms with Crippen LogP contribution >= 0.6 is 0 Å². The van der Waals surface area contributed by atoms with Crippen molar-refractivity contribution in [1.29, 1.82) is 5.26 Å². The van der Waals surface area contributed by atoms with Crippen molar-refractivity contribution in [1.82, 2.24) is 9.80 Å². The minimum atomic E-state index is 0.257. The molecular weight excluding hydrogens is 322 g/mol. The van der Waals surface area contributed by atoms with Crippen LogP contribution in [0.5, 0.6) is 0 Å². The molecule has 0 bridgehead atoms. The van der Waals surface area contributed by atoms with Crippen LogP contribution in [0.25, 0.3) is 0 Å². The number of piperidine rings is 1. The van der Waals surface area contributed by atoms with E-state index in [2.05, 4.69) is 35.8 Å². The first-order valence-electron chi connectivity index (χ1n) is 9.99. The molecule has 2 aliphatic heterocycles. The predicted molar refractivity (Wildman–Crippen MR) is 103 cm³/mol. The van der Waals surface area contributed by atoms with Gasteiger partial charge in [-0.1, -0.05) is 32.0 Å². The Morgan fingerprint density at radius 2 is 2.04 bits per heavy atom. The highest BCUT2D eigenvalue weighted by molar-refractivity contribution is 5.76. The van der Waals surface area contributed by atoms with E-state index in [9.17, 15) is 10.1 Å². The summed E-state index contributed by atoms with van der Waals surface area (Å²) in [4.78, 5) is 17.2. The molecule has 0 N–H and O–H groups in total. The summed E-state index contributed by atoms with van der Waals surface area (Å²) in [5.74, 6) is 0.922. The van der Waals surface area contributed by atoms with E-state index in [0.29, 0.717) is 18.2 Å². The largest absolute Gasteiger partial charge is 0.342 e. The van der Waals surface area contributed by atoms with Gasteiger partial charge in [-0.15, -0.1) is 0 Å². The predicted octanol–water partition coefficient (Wildman–Crippen LogP) is 3.81. The molecule has 1 amide bonds. The second kappa shape index (κ2) is 8.22. The zero-order chi connectivity index (χ0) is 18.6. The van der Waals surface area contributed by atoms with Gasteiger partial charge in [0.15, 0.2) is 0 Å². The van der Waals surface area contributed by atoms with Gasteiger partial charge in [0.2, 0.25) is 5.91 Å². The van der Waals surface area contributed by atoms with E-state index in [1.165, 1.54) is 6.42 Å². The molecule has 1 atom stereocenters. The van der Waals surface area contributed by atoms with Crippen molar-refractivity contribution in [2.24, 2.45) is 11.3 Å². The van der Waals surface area contributed by atoms with Crippen LogP contribution in [-0.2, 0) is 11.3 Å². The summed E-state index contributed by atoms with van der Waals surface area (Å²) in [6.07, 6.45) is 5.18. The first-order chi connectivity index (χ1) is 12.5. The molecule has 1 aromatic rings. The lowest BCUT2D eigenvalue weighted by atomic mass is 9.79. The van der Waals surface area contributed by atoms with Gasteiger partial charge in [0.1, 0.15) is 0 Å². The van der Waals surface area contributed by atoms with E-state index in [0.717, 1.165) is 63.1 Å². The summed E-state index contributed by atoms with van der Waals surface area (Å²) in [5.41, 5.74) is 2.16. The molecule has 0 aromatic heterocycles. The van der Waals surface area contributed by atoms with E-state index in [1.54, 1.807) is 0 Å². The fraction of sp³-hybridized carbons (Fsp3) is 0.636. The quantitative estimate of drug-likeness (QED) is 0.809. The van der Waals surface area contributed by atoms with Crippen molar-refractivity contribution < 1.29 is 4.79 Å². The second-order valence-electron chi connectivity index (χ2n) is 8.58. The molecule has 2 heterocycles. The van der Waals surface area contributed by atoms with Gasteiger partial charge in [-0.25, -0.2) is 0 Å². The lowest BCUT2D eigenvalue weighted by Gasteiger charge is -2.40. The molecule has 0 saturated carbocycles. The number of carbonyl (C=O) groups excluding carboxylic acids is 1. The molecule has 0 aliphatic carbocycles. The number of hydrogen-bond acceptors (Lipinski definition) is 3. The Balaban J connectivity index is 1.59. The smallest absolute Gasteiger partial charge is 0.222 e. The SMILES string of the molecule is CC(C)CCC(=O)N1CCC[C@]2(CCN(Cc3ccccc3C#N)C2)C1. The topological polar surface area (TPSA) is 47.3 Å². The van der Waals surface area contributed by atoms with Gasteiger partial charge in [0.05, 0.1) is 11.6 Å². The average molecular weight is 354 g/mol. The van der Waals surface area contributed by atoms with Gasteiger partial charge in [-0.3, -0.25) is 9.69 Å². The van der Waals surface area contributed by atoms with E-state index in [4.69, 9.17) is 0 Å². The van der Waals surface area contributed by atoms with Crippen LogP contribution < -0.4 is 0 Å². The normalized spacial score (nSPS) is 23.5. The minimum Gasteiger partial charge on any atom is -0.342 e. The molecule has 26 heavy (non-hydrogen) atoms. The van der Waals surface area contributed by atoms with Gasteiger partial charge in [-0.2, -0.15) is 5.26 Å². The van der Waals surface area contributed by atoms with Crippen molar-refractivity contribution in [3.8, 4) is 6.07 Å². The summed E-state index contributed by atoms with van der Waals surface area (Å²) in [6.45, 7) is 9.15. The van der Waals surface area contributed by atoms with Gasteiger partial charge in [0.25, 0.3) is 0 Å². The maximum Gasteiger partial charge on any atom is 0.222 e. The molecule has 4 nitrogen and oxygen atoms in total. The Morgan fingerprint density at radius 1 is 1.23 bits per heavy atom. The molecule has 1 spiro atoms. The lowest BCUT2D eigenvalue weighted by molar-refractivity contribution is -0.134. The van der Waals surface area contributed by atoms with E-state index in [-0.39, 0.29) is 5.41 Å². The van der Waals surface area contributed by atoms with Crippen LogP contribution in [0.3, 0.4) is 0 Å². The average Bonchev–Trinajstić information content (AvgIpc) is 3.01. The Kier molecular flexibility index (Phi) is 5.98. The van der Waals surface area contributed by atoms with Crippen molar-refractivity contribution >= 4 is 5.91 Å². The van der Waals surface area contributed by atoms with Gasteiger partial charge >= 0.3 is 0 Å². The molecule has 3 rings (SSSR count). The second-order valence-corrected chi connectivity index (χ2v) is 8.58. The summed E-state index contributed by atoms with van der Waals surface area (Å²) in [6, 6.07) is 10.2. The van der Waals surface area contributed by atoms with Crippen LogP contribution in [0.15, 0.2) is 24.3 Å². The Morgan fingerprint density at radius 3 is 2.81 bits per heavy atom. The molecule has 0 radical (unpaired) electrons. The molecular formula is C22H31N3O. The number of amides is 1. The summed E-state index contributed by atoms with van der Waals surface area (Å²) in [7, 11) is 0. The Bertz CT molecular complexity index is 678. The summed E-state index contributed by atoms with van der Waals surface area (Å²) in [5, 5.41) is 9.31. The Labute approximate surface area is 157 Å². The van der Waals surface area contributed by atoms with Crippen molar-refractivity contribution in [2.45, 2.75) is 52.5 Å². The zero-order valence-corrected chi connectivity index (χ0v) is 16.2. The van der Waals surface area contributed by atoms with Crippen LogP contribution in [0.1, 0.15) is 57.1 Å². The number of rotatable bonds is 5. The fourth-order valence-corrected chi connectivity index (χ4v) is 4.50. The number of benzene rings is 1. The van der Waals surface area contributed by atoms with E-state index < -0.39 is 0 Å². The van der Waals surface area contributed by atoms with Crippen LogP contribution in [-0.4, -0.2) is 41.9 Å². The number of nitrogens with zero attached hydrogens (tertiary/aromatic N) is 3. The lowest BCUT2D eigenvalue weighted by Crippen LogP contribution is -2.47. The third kappa shape index (κ3) is 4.45. The third-order valence-electron chi connectivity index (χ3n) is 6.00. The van der Waals surface area contributed by atoms with Crippen LogP contribution in [0.2, 0.25) is 0 Å². The highest BCUT2D eigenvalue weighted by Gasteiger charge is 2.42. The summed E-state index contributed by atoms with van der Waals surface area (Å²) >= 11 is 0. The number of carbonyl (C=O) groups is 1. The monoisotopic (exact) mass is 353 g/mol. The highest BCUT2D eigenvalue weighted by atomic mass is 16.2. The molecule has 2 aliphatic rings. The number of hydrogen-bond donors (Lipinski definition) is 0. The maximum absolute atomic E-state index is 12.6. The first-order valence-corrected chi connectivity index (χ1v) is 9.99. The molecule has 2 saturated heterocycles. The zero-order valence-electron chi connectivity index (χ0n) is 16.2. The van der Waals surface area contributed by atoms with Crippen molar-refractivity contribution in [3.63, 3.8) is 0 Å². The fourth-order valence-electron chi connectivity index (χ4n) is 4.50. The van der Waals surface area contributed by atoms with Gasteiger partial charge in [-0.05, 0) is 49.8 Å². The van der Waals surface area contributed by atoms with E-state index >= 15 is 0 Å². The molecule has 0 unspecified atom stereocenters. The maximum atomic E-state index is 12.6. The number of likely N-dealkylation sites (tertiary alicyclic amines) is 2. The van der Waals surface area contributed by atoms with Crippen molar-refractivity contribution in [2.75, 3.05) is 26.2 Å². The van der Waals surface area contributed by atoms with Gasteiger partial charge in [0, 0.05) is 38.0 Å². The molecule has 4 heteroatoms. The third-order valence-corrected chi connectivity index (χ3v) is 6.00. The van der Waals surface area contributed by atoms with Crippen LogP contribution in [0, 0.1) is 22.7 Å². The van der Waals surface area contributed by atoms with Crippen LogP contribution in [0.4, 0.5) is 0 Å². The molecule has 1 aromatic carbocycles. The number of nitriles is 1. The molecule has 2 fully saturated rings. The molecule has 140 valence electrons. The van der Waals surface area contributed by atoms with E-state index in [1.807, 2.05) is 18.2 Å². The first kappa shape index (κ1) is 18.9. The Hall–Kier alpha value is -1.86. The summed E-state index contributed by atoms with van der Waals surface area (Å²) < 4.78 is 0. The minimum absolute atomic E-state index is 0.257. The van der Waals surface area contributed by atoms with Gasteiger partial charge < -0.3 is 4.90 Å². The standard InChI is InChI=1S/C22H31N3O/c1-18(2)8-9-21(26)25-12-5-10-22(17-25)11-13-24(16-22)15-20-7-4-3-6-19(20)14-23/h3-4,6-7,18H,5,8-13,15-17H2,1-2H3/t22-/m1/s1. The van der Waals surface area contributed by atoms with Crippen molar-refractivity contribution in [3.05, 3.63) is 35.4 Å². The highest BCUT2D eigenvalue weighted by Crippen LogP contribution is 2.39.